The van der Waals surface area contributed by atoms with Gasteiger partial charge >= 0.3 is 5.51 Å². The van der Waals surface area contributed by atoms with Crippen LogP contribution < -0.4 is 0 Å². The van der Waals surface area contributed by atoms with Crippen LogP contribution in [0.25, 0.3) is 0 Å². The van der Waals surface area contributed by atoms with Crippen molar-refractivity contribution in [2.75, 3.05) is 6.61 Å². The number of hydrogen-bond acceptors (Lipinski definition) is 3. The van der Waals surface area contributed by atoms with Crippen LogP contribution in [0.15, 0.2) is 29.2 Å². The van der Waals surface area contributed by atoms with Crippen molar-refractivity contribution in [3.8, 4) is 0 Å². The monoisotopic (exact) mass is 252 g/mol. The molecule has 7 heteroatoms. The summed E-state index contributed by atoms with van der Waals surface area (Å²) in [6.07, 6.45) is -0.275. The first kappa shape index (κ1) is 11.4. The largest absolute Gasteiger partial charge is 0.501 e. The van der Waals surface area contributed by atoms with E-state index in [1.165, 1.54) is 12.1 Å². The van der Waals surface area contributed by atoms with Crippen molar-refractivity contribution >= 4 is 9.84 Å². The first-order chi connectivity index (χ1) is 7.32. The topological polar surface area (TPSA) is 46.7 Å². The molecule has 1 atom stereocenters. The highest BCUT2D eigenvalue weighted by atomic mass is 32.2. The maximum absolute atomic E-state index is 12.2. The van der Waals surface area contributed by atoms with Gasteiger partial charge in [-0.1, -0.05) is 12.1 Å². The van der Waals surface area contributed by atoms with Crippen LogP contribution in [0.4, 0.5) is 13.2 Å². The fourth-order valence-electron chi connectivity index (χ4n) is 1.26. The Kier molecular flexibility index (Phi) is 2.47. The summed E-state index contributed by atoms with van der Waals surface area (Å²) < 4.78 is 63.8. The molecule has 0 spiro atoms. The molecule has 0 bridgehead atoms. The molecule has 1 heterocycles. The summed E-state index contributed by atoms with van der Waals surface area (Å²) in [5.74, 6) is 0. The molecule has 0 aliphatic carbocycles. The van der Waals surface area contributed by atoms with Gasteiger partial charge in [0, 0.05) is 0 Å². The van der Waals surface area contributed by atoms with Crippen LogP contribution in [-0.2, 0) is 14.6 Å². The van der Waals surface area contributed by atoms with Gasteiger partial charge in [-0.3, -0.25) is 0 Å². The van der Waals surface area contributed by atoms with Gasteiger partial charge in [0.25, 0.3) is 9.84 Å². The first-order valence-corrected chi connectivity index (χ1v) is 5.83. The van der Waals surface area contributed by atoms with Crippen molar-refractivity contribution < 1.29 is 26.3 Å². The SMILES string of the molecule is O=S(=O)(c1cccc([C@H]2CO2)c1)C(F)(F)F. The smallest absolute Gasteiger partial charge is 0.368 e. The van der Waals surface area contributed by atoms with Crippen LogP contribution in [0.5, 0.6) is 0 Å². The van der Waals surface area contributed by atoms with Crippen molar-refractivity contribution in [3.05, 3.63) is 29.8 Å². The molecule has 1 aliphatic rings. The maximum Gasteiger partial charge on any atom is 0.501 e. The lowest BCUT2D eigenvalue weighted by molar-refractivity contribution is -0.0436. The van der Waals surface area contributed by atoms with E-state index >= 15 is 0 Å². The van der Waals surface area contributed by atoms with Gasteiger partial charge in [0.15, 0.2) is 0 Å². The Morgan fingerprint density at radius 1 is 1.31 bits per heavy atom. The van der Waals surface area contributed by atoms with Crippen LogP contribution in [0, 0.1) is 0 Å². The van der Waals surface area contributed by atoms with E-state index in [1.54, 1.807) is 0 Å². The Morgan fingerprint density at radius 3 is 2.44 bits per heavy atom. The molecule has 2 rings (SSSR count). The lowest BCUT2D eigenvalue weighted by Gasteiger charge is -2.08. The lowest BCUT2D eigenvalue weighted by Crippen LogP contribution is -2.23. The standard InChI is InChI=1S/C9H7F3O3S/c10-9(11,12)16(13,14)7-3-1-2-6(4-7)8-5-15-8/h1-4,8H,5H2/t8-/m1/s1. The third-order valence-corrected chi connectivity index (χ3v) is 3.66. The Hall–Kier alpha value is -1.08. The van der Waals surface area contributed by atoms with Gasteiger partial charge in [0.1, 0.15) is 6.10 Å². The molecular formula is C9H7F3O3S. The van der Waals surface area contributed by atoms with Gasteiger partial charge in [0.2, 0.25) is 0 Å². The second kappa shape index (κ2) is 3.46. The number of epoxide rings is 1. The molecule has 1 saturated heterocycles. The van der Waals surface area contributed by atoms with Gasteiger partial charge in [-0.2, -0.15) is 13.2 Å². The van der Waals surface area contributed by atoms with Gasteiger partial charge in [0.05, 0.1) is 11.5 Å². The van der Waals surface area contributed by atoms with E-state index in [9.17, 15) is 21.6 Å². The van der Waals surface area contributed by atoms with E-state index in [0.717, 1.165) is 12.1 Å². The zero-order chi connectivity index (χ0) is 12.0. The van der Waals surface area contributed by atoms with E-state index in [-0.39, 0.29) is 6.10 Å². The summed E-state index contributed by atoms with van der Waals surface area (Å²) in [6.45, 7) is 0.412. The fraction of sp³-hybridized carbons (Fsp3) is 0.333. The van der Waals surface area contributed by atoms with E-state index in [1.807, 2.05) is 0 Å². The lowest BCUT2D eigenvalue weighted by atomic mass is 10.2. The summed E-state index contributed by atoms with van der Waals surface area (Å²) in [7, 11) is -5.26. The molecule has 16 heavy (non-hydrogen) atoms. The van der Waals surface area contributed by atoms with Crippen LogP contribution in [0.1, 0.15) is 11.7 Å². The summed E-state index contributed by atoms with van der Waals surface area (Å²) in [5, 5.41) is 0. The molecule has 1 aliphatic heterocycles. The number of ether oxygens (including phenoxy) is 1. The van der Waals surface area contributed by atoms with Crippen LogP contribution >= 0.6 is 0 Å². The molecule has 0 aromatic heterocycles. The van der Waals surface area contributed by atoms with Gasteiger partial charge in [-0.15, -0.1) is 0 Å². The first-order valence-electron chi connectivity index (χ1n) is 4.35. The van der Waals surface area contributed by atoms with E-state index < -0.39 is 20.2 Å². The fourth-order valence-corrected chi connectivity index (χ4v) is 2.07. The number of alkyl halides is 3. The molecule has 1 fully saturated rings. The summed E-state index contributed by atoms with van der Waals surface area (Å²) in [4.78, 5) is -0.743. The predicted molar refractivity (Wildman–Crippen MR) is 48.4 cm³/mol. The number of rotatable bonds is 2. The molecule has 1 aromatic carbocycles. The predicted octanol–water partition coefficient (Wildman–Crippen LogP) is 2.05. The second-order valence-electron chi connectivity index (χ2n) is 3.34. The van der Waals surface area contributed by atoms with Gasteiger partial charge < -0.3 is 4.74 Å². The second-order valence-corrected chi connectivity index (χ2v) is 5.28. The average Bonchev–Trinajstić information content (AvgIpc) is 2.99. The number of sulfone groups is 1. The van der Waals surface area contributed by atoms with Crippen molar-refractivity contribution in [2.24, 2.45) is 0 Å². The normalized spacial score (nSPS) is 20.8. The number of halogens is 3. The number of benzene rings is 1. The Balaban J connectivity index is 2.44. The summed E-state index contributed by atoms with van der Waals surface area (Å²) in [6, 6.07) is 4.73. The van der Waals surface area contributed by atoms with Crippen LogP contribution in [0.3, 0.4) is 0 Å². The zero-order valence-electron chi connectivity index (χ0n) is 7.86. The minimum absolute atomic E-state index is 0.275. The molecule has 0 saturated carbocycles. The van der Waals surface area contributed by atoms with Crippen LogP contribution in [-0.4, -0.2) is 20.5 Å². The maximum atomic E-state index is 12.2. The van der Waals surface area contributed by atoms with E-state index in [2.05, 4.69) is 0 Å². The Morgan fingerprint density at radius 2 is 1.94 bits per heavy atom. The Labute approximate surface area is 89.8 Å². The van der Waals surface area contributed by atoms with Gasteiger partial charge in [-0.05, 0) is 17.7 Å². The van der Waals surface area contributed by atoms with Gasteiger partial charge in [-0.25, -0.2) is 8.42 Å². The van der Waals surface area contributed by atoms with Crippen molar-refractivity contribution in [1.82, 2.24) is 0 Å². The third-order valence-electron chi connectivity index (χ3n) is 2.18. The highest BCUT2D eigenvalue weighted by Gasteiger charge is 2.47. The summed E-state index contributed by atoms with van der Waals surface area (Å²) in [5.41, 5.74) is -4.82. The third kappa shape index (κ3) is 1.92. The molecule has 88 valence electrons. The van der Waals surface area contributed by atoms with Crippen molar-refractivity contribution in [3.63, 3.8) is 0 Å². The van der Waals surface area contributed by atoms with E-state index in [0.29, 0.717) is 12.2 Å². The molecular weight excluding hydrogens is 245 g/mol. The number of hydrogen-bond donors (Lipinski definition) is 0. The Bertz CT molecular complexity index is 503. The zero-order valence-corrected chi connectivity index (χ0v) is 8.68. The minimum Gasteiger partial charge on any atom is -0.368 e. The van der Waals surface area contributed by atoms with Crippen LogP contribution in [0.2, 0.25) is 0 Å². The quantitative estimate of drug-likeness (QED) is 0.757. The highest BCUT2D eigenvalue weighted by Crippen LogP contribution is 2.34. The van der Waals surface area contributed by atoms with Crippen molar-refractivity contribution in [1.29, 1.82) is 0 Å². The highest BCUT2D eigenvalue weighted by molar-refractivity contribution is 7.92. The molecule has 0 unspecified atom stereocenters. The molecule has 3 nitrogen and oxygen atoms in total. The van der Waals surface area contributed by atoms with Crippen molar-refractivity contribution in [2.45, 2.75) is 16.5 Å². The minimum atomic E-state index is -5.27. The average molecular weight is 252 g/mol. The molecule has 0 radical (unpaired) electrons. The van der Waals surface area contributed by atoms with E-state index in [4.69, 9.17) is 4.74 Å². The molecule has 1 aromatic rings. The molecule has 0 N–H and O–H groups in total. The summed E-state index contributed by atoms with van der Waals surface area (Å²) >= 11 is 0. The molecule has 0 amide bonds.